The minimum absolute atomic E-state index is 0.102. The number of halogens is 1. The first-order valence-electron chi connectivity index (χ1n) is 5.42. The number of benzene rings is 1. The molecule has 0 fully saturated rings. The van der Waals surface area contributed by atoms with E-state index in [0.29, 0.717) is 6.20 Å². The van der Waals surface area contributed by atoms with Crippen molar-refractivity contribution in [3.8, 4) is 0 Å². The number of nitrogens with one attached hydrogen (secondary N) is 1. The second kappa shape index (κ2) is 5.32. The highest BCUT2D eigenvalue weighted by Crippen LogP contribution is 2.13. The summed E-state index contributed by atoms with van der Waals surface area (Å²) in [5.74, 6) is -2.16. The van der Waals surface area contributed by atoms with E-state index in [1.165, 1.54) is 24.3 Å². The molecule has 110 valence electrons. The molecule has 1 heterocycles. The predicted molar refractivity (Wildman–Crippen MR) is 69.1 cm³/mol. The Kier molecular flexibility index (Phi) is 3.72. The van der Waals surface area contributed by atoms with Crippen molar-refractivity contribution in [1.82, 2.24) is 8.96 Å². The second-order valence-corrected chi connectivity index (χ2v) is 5.58. The Bertz CT molecular complexity index is 848. The quantitative estimate of drug-likeness (QED) is 0.861. The first kappa shape index (κ1) is 14.7. The lowest BCUT2D eigenvalue weighted by atomic mass is 10.4. The maximum Gasteiger partial charge on any atom is 0.410 e. The van der Waals surface area contributed by atoms with Crippen molar-refractivity contribution in [2.24, 2.45) is 0 Å². The maximum absolute atomic E-state index is 13.6. The third kappa shape index (κ3) is 2.89. The monoisotopic (exact) mass is 313 g/mol. The van der Waals surface area contributed by atoms with Crippen LogP contribution in [0.25, 0.3) is 0 Å². The molecule has 0 spiro atoms. The molecule has 0 aliphatic rings. The largest absolute Gasteiger partial charge is 0.465 e. The number of aromatic nitrogens is 2. The van der Waals surface area contributed by atoms with E-state index >= 15 is 0 Å². The summed E-state index contributed by atoms with van der Waals surface area (Å²) in [6, 6.07) is 6.89. The van der Waals surface area contributed by atoms with Gasteiger partial charge in [0.1, 0.15) is 0 Å². The number of carbonyl (C=O) groups is 1. The molecule has 0 aliphatic carbocycles. The van der Waals surface area contributed by atoms with Gasteiger partial charge < -0.3 is 5.11 Å². The summed E-state index contributed by atoms with van der Waals surface area (Å²) in [5.41, 5.74) is -1.33. The second-order valence-electron chi connectivity index (χ2n) is 3.76. The van der Waals surface area contributed by atoms with Crippen LogP contribution in [0.5, 0.6) is 0 Å². The van der Waals surface area contributed by atoms with Crippen molar-refractivity contribution in [2.45, 2.75) is 4.90 Å². The maximum atomic E-state index is 13.6. The molecule has 2 aromatic rings. The first-order valence-corrected chi connectivity index (χ1v) is 6.86. The van der Waals surface area contributed by atoms with Crippen LogP contribution < -0.4 is 11.0 Å². The van der Waals surface area contributed by atoms with Crippen molar-refractivity contribution < 1.29 is 22.7 Å². The zero-order chi connectivity index (χ0) is 15.6. The van der Waals surface area contributed by atoms with E-state index in [2.05, 4.69) is 4.98 Å². The van der Waals surface area contributed by atoms with E-state index in [1.807, 2.05) is 0 Å². The summed E-state index contributed by atoms with van der Waals surface area (Å²) >= 11 is 0. The van der Waals surface area contributed by atoms with Crippen LogP contribution in [-0.2, 0) is 10.0 Å². The fourth-order valence-corrected chi connectivity index (χ4v) is 2.69. The Morgan fingerprint density at radius 1 is 1.29 bits per heavy atom. The van der Waals surface area contributed by atoms with Gasteiger partial charge in [-0.3, -0.25) is 5.32 Å². The summed E-state index contributed by atoms with van der Waals surface area (Å²) < 4.78 is 38.0. The number of hydrogen-bond acceptors (Lipinski definition) is 5. The molecule has 21 heavy (non-hydrogen) atoms. The number of hydrogen-bond donors (Lipinski definition) is 2. The van der Waals surface area contributed by atoms with Crippen LogP contribution in [0.1, 0.15) is 0 Å². The van der Waals surface area contributed by atoms with Gasteiger partial charge in [-0.25, -0.2) is 22.4 Å². The van der Waals surface area contributed by atoms with Crippen molar-refractivity contribution in [1.29, 1.82) is 0 Å². The Morgan fingerprint density at radius 3 is 2.48 bits per heavy atom. The van der Waals surface area contributed by atoms with Crippen LogP contribution in [0, 0.1) is 5.82 Å². The molecule has 0 radical (unpaired) electrons. The highest BCUT2D eigenvalue weighted by Gasteiger charge is 2.21. The average Bonchev–Trinajstić information content (AvgIpc) is 2.42. The lowest BCUT2D eigenvalue weighted by molar-refractivity contribution is 0.209. The van der Waals surface area contributed by atoms with Gasteiger partial charge in [-0.2, -0.15) is 8.96 Å². The summed E-state index contributed by atoms with van der Waals surface area (Å²) in [6.07, 6.45) is -1.27. The molecule has 2 rings (SSSR count). The Balaban J connectivity index is 2.59. The summed E-state index contributed by atoms with van der Waals surface area (Å²) in [6.45, 7) is 0. The van der Waals surface area contributed by atoms with E-state index in [4.69, 9.17) is 5.11 Å². The third-order valence-corrected chi connectivity index (χ3v) is 4.03. The number of nitrogens with zero attached hydrogens (tertiary/aromatic N) is 2. The zero-order valence-electron chi connectivity index (χ0n) is 10.2. The smallest absolute Gasteiger partial charge is 0.410 e. The minimum Gasteiger partial charge on any atom is -0.465 e. The van der Waals surface area contributed by atoms with Gasteiger partial charge in [0.25, 0.3) is 10.0 Å². The molecule has 1 amide bonds. The van der Waals surface area contributed by atoms with Gasteiger partial charge in [-0.15, -0.1) is 0 Å². The van der Waals surface area contributed by atoms with Gasteiger partial charge in [0.2, 0.25) is 0 Å². The molecule has 2 N–H and O–H groups in total. The molecule has 1 aromatic heterocycles. The Morgan fingerprint density at radius 2 is 1.90 bits per heavy atom. The van der Waals surface area contributed by atoms with Gasteiger partial charge in [-0.1, -0.05) is 18.2 Å². The molecular formula is C11H8FN3O5S. The van der Waals surface area contributed by atoms with E-state index in [9.17, 15) is 22.4 Å². The molecule has 1 aromatic carbocycles. The molecule has 0 saturated heterocycles. The summed E-state index contributed by atoms with van der Waals surface area (Å²) in [5, 5.41) is 10.00. The van der Waals surface area contributed by atoms with Crippen LogP contribution in [0.3, 0.4) is 0 Å². The Hall–Kier alpha value is -2.75. The van der Waals surface area contributed by atoms with Crippen LogP contribution in [0.4, 0.5) is 15.0 Å². The molecule has 0 unspecified atom stereocenters. The molecule has 10 heteroatoms. The normalized spacial score (nSPS) is 11.1. The number of carboxylic acid groups (broad SMARTS) is 1. The van der Waals surface area contributed by atoms with E-state index < -0.39 is 33.4 Å². The fraction of sp³-hybridized carbons (Fsp3) is 0. The standard InChI is InChI=1S/C11H8FN3O5S/c12-8-6-15(10(16)13-9(8)14-11(17)18)21(19,20)7-4-2-1-3-5-7/h1-6H,(H,17,18)(H,13,14,16). The molecule has 0 aliphatic heterocycles. The SMILES string of the molecule is O=C(O)Nc1nc(=O)n(S(=O)(=O)c2ccccc2)cc1F. The Labute approximate surface area is 117 Å². The fourth-order valence-electron chi connectivity index (χ4n) is 1.48. The topological polar surface area (TPSA) is 118 Å². The minimum atomic E-state index is -4.31. The van der Waals surface area contributed by atoms with Crippen LogP contribution in [0.2, 0.25) is 0 Å². The molecular weight excluding hydrogens is 305 g/mol. The van der Waals surface area contributed by atoms with Crippen molar-refractivity contribution in [2.75, 3.05) is 5.32 Å². The van der Waals surface area contributed by atoms with Gasteiger partial charge in [0, 0.05) is 0 Å². The van der Waals surface area contributed by atoms with Gasteiger partial charge in [-0.05, 0) is 12.1 Å². The van der Waals surface area contributed by atoms with Crippen LogP contribution in [-0.4, -0.2) is 28.6 Å². The highest BCUT2D eigenvalue weighted by atomic mass is 32.2. The molecule has 0 saturated carbocycles. The van der Waals surface area contributed by atoms with Gasteiger partial charge in [0.05, 0.1) is 11.1 Å². The highest BCUT2D eigenvalue weighted by molar-refractivity contribution is 7.90. The third-order valence-electron chi connectivity index (χ3n) is 2.38. The van der Waals surface area contributed by atoms with Gasteiger partial charge >= 0.3 is 11.8 Å². The lowest BCUT2D eigenvalue weighted by Gasteiger charge is -2.08. The van der Waals surface area contributed by atoms with Crippen molar-refractivity contribution >= 4 is 21.9 Å². The van der Waals surface area contributed by atoms with Crippen LogP contribution >= 0.6 is 0 Å². The number of rotatable bonds is 3. The van der Waals surface area contributed by atoms with E-state index in [1.54, 1.807) is 11.4 Å². The van der Waals surface area contributed by atoms with Crippen molar-refractivity contribution in [3.05, 3.63) is 52.8 Å². The zero-order valence-corrected chi connectivity index (χ0v) is 11.0. The summed E-state index contributed by atoms with van der Waals surface area (Å²) in [4.78, 5) is 24.9. The van der Waals surface area contributed by atoms with Crippen LogP contribution in [0.15, 0.2) is 46.2 Å². The lowest BCUT2D eigenvalue weighted by Crippen LogP contribution is -2.31. The first-order chi connectivity index (χ1) is 9.82. The number of anilines is 1. The summed E-state index contributed by atoms with van der Waals surface area (Å²) in [7, 11) is -4.31. The van der Waals surface area contributed by atoms with E-state index in [0.717, 1.165) is 0 Å². The van der Waals surface area contributed by atoms with Crippen molar-refractivity contribution in [3.63, 3.8) is 0 Å². The van der Waals surface area contributed by atoms with Gasteiger partial charge in [0.15, 0.2) is 11.6 Å². The molecule has 0 bridgehead atoms. The number of amides is 1. The molecule has 0 atom stereocenters. The predicted octanol–water partition coefficient (Wildman–Crippen LogP) is 0.709. The molecule has 8 nitrogen and oxygen atoms in total. The average molecular weight is 313 g/mol. The van der Waals surface area contributed by atoms with E-state index in [-0.39, 0.29) is 8.87 Å².